The molecule has 166 valence electrons. The van der Waals surface area contributed by atoms with Crippen molar-refractivity contribution in [3.63, 3.8) is 0 Å². The first-order valence-corrected chi connectivity index (χ1v) is 11.4. The molecule has 1 N–H and O–H groups in total. The Bertz CT molecular complexity index is 869. The first kappa shape index (κ1) is 23.0. The zero-order valence-corrected chi connectivity index (χ0v) is 19.0. The van der Waals surface area contributed by atoms with Crippen LogP contribution in [-0.4, -0.2) is 42.0 Å². The standard InChI is InChI=1S/C26H34N2O3/c1-4-11-23(26(30)27-25-20(2)12-10-13-21(25)3)28(16-8-9-17-28)18-24(29)31-19-22-14-6-5-7-15-22/h5-7,10,12-15,23H,4,8-9,11,16-19H2,1-3H3/p+1. The summed E-state index contributed by atoms with van der Waals surface area (Å²) in [6.07, 6.45) is 3.71. The lowest BCUT2D eigenvalue weighted by Crippen LogP contribution is -2.60. The van der Waals surface area contributed by atoms with Crippen molar-refractivity contribution < 1.29 is 18.8 Å². The first-order chi connectivity index (χ1) is 14.9. The number of nitrogens with zero attached hydrogens (tertiary/aromatic N) is 1. The number of amides is 1. The average Bonchev–Trinajstić information content (AvgIpc) is 3.23. The number of carbonyl (C=O) groups is 2. The molecule has 5 heteroatoms. The van der Waals surface area contributed by atoms with E-state index in [4.69, 9.17) is 4.74 Å². The van der Waals surface area contributed by atoms with Gasteiger partial charge < -0.3 is 14.5 Å². The van der Waals surface area contributed by atoms with Crippen molar-refractivity contribution in [1.29, 1.82) is 0 Å². The molecule has 0 spiro atoms. The Balaban J connectivity index is 1.75. The van der Waals surface area contributed by atoms with Gasteiger partial charge in [0.15, 0.2) is 12.6 Å². The molecule has 1 aliphatic heterocycles. The third-order valence-corrected chi connectivity index (χ3v) is 6.40. The maximum Gasteiger partial charge on any atom is 0.362 e. The van der Waals surface area contributed by atoms with Gasteiger partial charge in [-0.15, -0.1) is 0 Å². The highest BCUT2D eigenvalue weighted by atomic mass is 16.5. The van der Waals surface area contributed by atoms with Gasteiger partial charge in [-0.2, -0.15) is 0 Å². The van der Waals surface area contributed by atoms with Crippen LogP contribution < -0.4 is 5.32 Å². The Morgan fingerprint density at radius 2 is 1.65 bits per heavy atom. The van der Waals surface area contributed by atoms with Crippen molar-refractivity contribution in [2.45, 2.75) is 59.1 Å². The summed E-state index contributed by atoms with van der Waals surface area (Å²) >= 11 is 0. The minimum Gasteiger partial charge on any atom is -0.457 e. The largest absolute Gasteiger partial charge is 0.457 e. The van der Waals surface area contributed by atoms with Crippen LogP contribution in [-0.2, 0) is 20.9 Å². The van der Waals surface area contributed by atoms with Gasteiger partial charge in [-0.25, -0.2) is 4.79 Å². The molecule has 0 aliphatic carbocycles. The molecular weight excluding hydrogens is 388 g/mol. The second-order valence-electron chi connectivity index (χ2n) is 8.74. The van der Waals surface area contributed by atoms with Gasteiger partial charge in [0.25, 0.3) is 5.91 Å². The fraction of sp³-hybridized carbons (Fsp3) is 0.462. The van der Waals surface area contributed by atoms with Crippen molar-refractivity contribution in [2.24, 2.45) is 0 Å². The number of aryl methyl sites for hydroxylation is 2. The summed E-state index contributed by atoms with van der Waals surface area (Å²) in [5.74, 6) is -0.219. The Kier molecular flexibility index (Phi) is 7.85. The maximum absolute atomic E-state index is 13.5. The van der Waals surface area contributed by atoms with Gasteiger partial charge in [0.2, 0.25) is 0 Å². The molecule has 2 aromatic rings. The van der Waals surface area contributed by atoms with E-state index in [-0.39, 0.29) is 31.1 Å². The Morgan fingerprint density at radius 3 is 2.26 bits per heavy atom. The van der Waals surface area contributed by atoms with Gasteiger partial charge in [-0.05, 0) is 37.0 Å². The molecule has 1 saturated heterocycles. The van der Waals surface area contributed by atoms with Crippen LogP contribution in [0, 0.1) is 13.8 Å². The molecule has 2 aromatic carbocycles. The number of para-hydroxylation sites is 1. The summed E-state index contributed by atoms with van der Waals surface area (Å²) in [5, 5.41) is 3.19. The molecule has 5 nitrogen and oxygen atoms in total. The molecule has 1 atom stereocenters. The first-order valence-electron chi connectivity index (χ1n) is 11.4. The molecule has 1 heterocycles. The van der Waals surface area contributed by atoms with Gasteiger partial charge in [-0.1, -0.05) is 55.5 Å². The van der Waals surface area contributed by atoms with Crippen LogP contribution in [0.4, 0.5) is 5.69 Å². The van der Waals surface area contributed by atoms with Crippen molar-refractivity contribution in [2.75, 3.05) is 25.0 Å². The molecule has 1 fully saturated rings. The van der Waals surface area contributed by atoms with Crippen LogP contribution in [0.15, 0.2) is 48.5 Å². The summed E-state index contributed by atoms with van der Waals surface area (Å²) in [6.45, 7) is 8.32. The summed E-state index contributed by atoms with van der Waals surface area (Å²) in [6, 6.07) is 15.5. The van der Waals surface area contributed by atoms with Gasteiger partial charge >= 0.3 is 5.97 Å². The summed E-state index contributed by atoms with van der Waals surface area (Å²) in [4.78, 5) is 26.3. The minimum atomic E-state index is -0.254. The highest BCUT2D eigenvalue weighted by Crippen LogP contribution is 2.29. The number of ether oxygens (including phenoxy) is 1. The van der Waals surface area contributed by atoms with Crippen molar-refractivity contribution >= 4 is 17.6 Å². The van der Waals surface area contributed by atoms with E-state index in [0.29, 0.717) is 4.48 Å². The molecule has 0 radical (unpaired) electrons. The van der Waals surface area contributed by atoms with Crippen LogP contribution in [0.1, 0.15) is 49.3 Å². The monoisotopic (exact) mass is 423 g/mol. The van der Waals surface area contributed by atoms with E-state index in [1.165, 1.54) is 0 Å². The molecule has 31 heavy (non-hydrogen) atoms. The van der Waals surface area contributed by atoms with Crippen LogP contribution in [0.25, 0.3) is 0 Å². The number of anilines is 1. The number of esters is 1. The third-order valence-electron chi connectivity index (χ3n) is 6.40. The van der Waals surface area contributed by atoms with Crippen LogP contribution in [0.2, 0.25) is 0 Å². The minimum absolute atomic E-state index is 0.0111. The van der Waals surface area contributed by atoms with Crippen LogP contribution >= 0.6 is 0 Å². The number of likely N-dealkylation sites (tertiary alicyclic amines) is 1. The molecule has 1 amide bonds. The summed E-state index contributed by atoms with van der Waals surface area (Å²) in [7, 11) is 0. The van der Waals surface area contributed by atoms with E-state index >= 15 is 0 Å². The molecule has 0 bridgehead atoms. The van der Waals surface area contributed by atoms with Crippen molar-refractivity contribution in [1.82, 2.24) is 0 Å². The normalized spacial score (nSPS) is 16.0. The van der Waals surface area contributed by atoms with E-state index in [9.17, 15) is 9.59 Å². The number of hydrogen-bond donors (Lipinski definition) is 1. The van der Waals surface area contributed by atoms with Crippen LogP contribution in [0.3, 0.4) is 0 Å². The number of benzene rings is 2. The lowest BCUT2D eigenvalue weighted by atomic mass is 10.0. The fourth-order valence-electron chi connectivity index (χ4n) is 4.73. The highest BCUT2D eigenvalue weighted by molar-refractivity contribution is 5.95. The number of nitrogens with one attached hydrogen (secondary N) is 1. The SMILES string of the molecule is CCCC(C(=O)Nc1c(C)cccc1C)[N+]1(CC(=O)OCc2ccccc2)CCCC1. The molecule has 0 aromatic heterocycles. The Morgan fingerprint density at radius 1 is 1.00 bits per heavy atom. The zero-order chi connectivity index (χ0) is 22.3. The predicted molar refractivity (Wildman–Crippen MR) is 124 cm³/mol. The molecule has 0 saturated carbocycles. The topological polar surface area (TPSA) is 55.4 Å². The fourth-order valence-corrected chi connectivity index (χ4v) is 4.73. The second-order valence-corrected chi connectivity index (χ2v) is 8.74. The van der Waals surface area contributed by atoms with Crippen LogP contribution in [0.5, 0.6) is 0 Å². The number of carbonyl (C=O) groups excluding carboxylic acids is 2. The van der Waals surface area contributed by atoms with Crippen molar-refractivity contribution in [3.05, 3.63) is 65.2 Å². The van der Waals surface area contributed by atoms with E-state index in [1.54, 1.807) is 0 Å². The maximum atomic E-state index is 13.5. The van der Waals surface area contributed by atoms with Crippen molar-refractivity contribution in [3.8, 4) is 0 Å². The van der Waals surface area contributed by atoms with E-state index in [2.05, 4.69) is 12.2 Å². The highest BCUT2D eigenvalue weighted by Gasteiger charge is 2.45. The van der Waals surface area contributed by atoms with Gasteiger partial charge in [-0.3, -0.25) is 4.79 Å². The lowest BCUT2D eigenvalue weighted by molar-refractivity contribution is -0.925. The molecular formula is C26H35N2O3+. The zero-order valence-electron chi connectivity index (χ0n) is 19.0. The summed E-state index contributed by atoms with van der Waals surface area (Å²) < 4.78 is 6.09. The molecule has 1 unspecified atom stereocenters. The molecule has 1 aliphatic rings. The number of hydrogen-bond acceptors (Lipinski definition) is 3. The van der Waals surface area contributed by atoms with Gasteiger partial charge in [0, 0.05) is 24.9 Å². The Labute approximate surface area is 186 Å². The number of quaternary nitrogens is 1. The van der Waals surface area contributed by atoms with Gasteiger partial charge in [0.1, 0.15) is 6.61 Å². The van der Waals surface area contributed by atoms with E-state index in [1.807, 2.05) is 62.4 Å². The van der Waals surface area contributed by atoms with E-state index in [0.717, 1.165) is 61.2 Å². The quantitative estimate of drug-likeness (QED) is 0.467. The molecule has 3 rings (SSSR count). The smallest absolute Gasteiger partial charge is 0.362 e. The number of rotatable bonds is 9. The average molecular weight is 424 g/mol. The second kappa shape index (κ2) is 10.6. The third kappa shape index (κ3) is 5.73. The van der Waals surface area contributed by atoms with E-state index < -0.39 is 0 Å². The summed E-state index contributed by atoms with van der Waals surface area (Å²) in [5.41, 5.74) is 3.97. The predicted octanol–water partition coefficient (Wildman–Crippen LogP) is 4.76. The lowest BCUT2D eigenvalue weighted by Gasteiger charge is -2.40. The Hall–Kier alpha value is -2.66. The van der Waals surface area contributed by atoms with Gasteiger partial charge in [0.05, 0.1) is 13.1 Å².